The summed E-state index contributed by atoms with van der Waals surface area (Å²) < 4.78 is 1.79. The Labute approximate surface area is 129 Å². The van der Waals surface area contributed by atoms with E-state index in [-0.39, 0.29) is 17.7 Å². The van der Waals surface area contributed by atoms with Gasteiger partial charge in [0.25, 0.3) is 0 Å². The molecule has 4 rings (SSSR count). The van der Waals surface area contributed by atoms with Crippen molar-refractivity contribution in [1.29, 1.82) is 0 Å². The fraction of sp³-hybridized carbons (Fsp3) is 0.688. The number of hydrogen-bond acceptors (Lipinski definition) is 3. The van der Waals surface area contributed by atoms with Gasteiger partial charge in [0.15, 0.2) is 0 Å². The first-order valence-electron chi connectivity index (χ1n) is 8.25. The zero-order valence-corrected chi connectivity index (χ0v) is 12.9. The van der Waals surface area contributed by atoms with E-state index in [2.05, 4.69) is 17.3 Å². The van der Waals surface area contributed by atoms with E-state index in [4.69, 9.17) is 0 Å². The minimum Gasteiger partial charge on any atom is -0.351 e. The van der Waals surface area contributed by atoms with Crippen LogP contribution in [0.15, 0.2) is 12.3 Å². The number of carbonyl (C=O) groups is 2. The van der Waals surface area contributed by atoms with Crippen LogP contribution in [0.3, 0.4) is 0 Å². The van der Waals surface area contributed by atoms with Crippen molar-refractivity contribution in [3.8, 4) is 0 Å². The highest BCUT2D eigenvalue weighted by Gasteiger charge is 2.44. The Morgan fingerprint density at radius 1 is 1.36 bits per heavy atom. The lowest BCUT2D eigenvalue weighted by Crippen LogP contribution is -2.50. The highest BCUT2D eigenvalue weighted by molar-refractivity contribution is 5.85. The van der Waals surface area contributed by atoms with E-state index in [0.29, 0.717) is 25.0 Å². The summed E-state index contributed by atoms with van der Waals surface area (Å²) in [6, 6.07) is 1.82. The third-order valence-corrected chi connectivity index (χ3v) is 5.29. The van der Waals surface area contributed by atoms with Crippen LogP contribution in [-0.4, -0.2) is 39.1 Å². The van der Waals surface area contributed by atoms with Crippen LogP contribution in [0, 0.1) is 11.8 Å². The molecular weight excluding hydrogens is 280 g/mol. The van der Waals surface area contributed by atoms with Gasteiger partial charge in [-0.3, -0.25) is 14.3 Å². The lowest BCUT2D eigenvalue weighted by atomic mass is 9.93. The molecule has 2 aliphatic carbocycles. The monoisotopic (exact) mass is 302 g/mol. The smallest absolute Gasteiger partial charge is 0.246 e. The van der Waals surface area contributed by atoms with Crippen molar-refractivity contribution in [2.45, 2.75) is 51.2 Å². The average Bonchev–Trinajstić information content (AvgIpc) is 3.00. The first-order chi connectivity index (χ1) is 10.6. The van der Waals surface area contributed by atoms with Gasteiger partial charge in [-0.1, -0.05) is 6.92 Å². The van der Waals surface area contributed by atoms with E-state index in [1.165, 1.54) is 6.42 Å². The maximum atomic E-state index is 12.6. The van der Waals surface area contributed by atoms with E-state index in [9.17, 15) is 9.59 Å². The molecule has 2 saturated carbocycles. The van der Waals surface area contributed by atoms with Crippen molar-refractivity contribution in [3.63, 3.8) is 0 Å². The zero-order valence-electron chi connectivity index (χ0n) is 12.9. The molecule has 1 aliphatic heterocycles. The summed E-state index contributed by atoms with van der Waals surface area (Å²) in [5.74, 6) is 0.837. The number of carbonyl (C=O) groups excluding carboxylic acids is 2. The first-order valence-corrected chi connectivity index (χ1v) is 8.25. The number of aromatic nitrogens is 2. The molecule has 0 saturated heterocycles. The molecule has 0 bridgehead atoms. The van der Waals surface area contributed by atoms with E-state index in [1.807, 2.05) is 11.0 Å². The number of nitrogens with one attached hydrogen (secondary N) is 1. The Hall–Kier alpha value is -1.85. The van der Waals surface area contributed by atoms with Crippen LogP contribution in [0.2, 0.25) is 0 Å². The van der Waals surface area contributed by atoms with Crippen molar-refractivity contribution in [2.24, 2.45) is 11.8 Å². The predicted octanol–water partition coefficient (Wildman–Crippen LogP) is 1.09. The second-order valence-electron chi connectivity index (χ2n) is 6.96. The summed E-state index contributed by atoms with van der Waals surface area (Å²) in [7, 11) is 0. The van der Waals surface area contributed by atoms with Gasteiger partial charge in [-0.2, -0.15) is 5.10 Å². The maximum Gasteiger partial charge on any atom is 0.246 e. The normalized spacial score (nSPS) is 30.4. The molecule has 0 spiro atoms. The summed E-state index contributed by atoms with van der Waals surface area (Å²) >= 11 is 0. The van der Waals surface area contributed by atoms with E-state index < -0.39 is 6.04 Å². The highest BCUT2D eigenvalue weighted by Crippen LogP contribution is 2.40. The largest absolute Gasteiger partial charge is 0.351 e. The lowest BCUT2D eigenvalue weighted by Gasteiger charge is -2.35. The van der Waals surface area contributed by atoms with Gasteiger partial charge in [0, 0.05) is 18.2 Å². The molecule has 6 heteroatoms. The summed E-state index contributed by atoms with van der Waals surface area (Å²) in [5, 5.41) is 7.39. The van der Waals surface area contributed by atoms with Crippen LogP contribution in [0.5, 0.6) is 0 Å². The molecule has 0 radical (unpaired) electrons. The summed E-state index contributed by atoms with van der Waals surface area (Å²) in [6.45, 7) is 3.11. The van der Waals surface area contributed by atoms with Gasteiger partial charge in [-0.25, -0.2) is 0 Å². The molecule has 2 fully saturated rings. The van der Waals surface area contributed by atoms with Crippen molar-refractivity contribution >= 4 is 11.8 Å². The molecule has 22 heavy (non-hydrogen) atoms. The first kappa shape index (κ1) is 13.8. The Balaban J connectivity index is 1.52. The second-order valence-corrected chi connectivity index (χ2v) is 6.96. The molecule has 6 nitrogen and oxygen atoms in total. The van der Waals surface area contributed by atoms with Gasteiger partial charge < -0.3 is 10.2 Å². The quantitative estimate of drug-likeness (QED) is 0.909. The Morgan fingerprint density at radius 3 is 2.77 bits per heavy atom. The lowest BCUT2D eigenvalue weighted by molar-refractivity contribution is -0.137. The van der Waals surface area contributed by atoms with Gasteiger partial charge >= 0.3 is 0 Å². The molecular formula is C16H22N4O2. The van der Waals surface area contributed by atoms with Crippen molar-refractivity contribution in [1.82, 2.24) is 20.0 Å². The van der Waals surface area contributed by atoms with Crippen LogP contribution in [0.1, 0.15) is 44.3 Å². The third-order valence-electron chi connectivity index (χ3n) is 5.29. The fourth-order valence-corrected chi connectivity index (χ4v) is 3.41. The highest BCUT2D eigenvalue weighted by atomic mass is 16.2. The van der Waals surface area contributed by atoms with Gasteiger partial charge in [0.2, 0.25) is 11.8 Å². The van der Waals surface area contributed by atoms with Crippen molar-refractivity contribution < 1.29 is 9.59 Å². The number of fused-ring (bicyclic) bond motifs is 1. The number of nitrogens with zero attached hydrogens (tertiary/aromatic N) is 3. The SMILES string of the molecule is C[C@@H]1C[C@@H]1C(=O)N1Cc2ccnn2[C@H](C(=O)NC2CCC2)C1. The number of rotatable bonds is 3. The van der Waals surface area contributed by atoms with Crippen LogP contribution in [0.4, 0.5) is 0 Å². The van der Waals surface area contributed by atoms with Gasteiger partial charge in [-0.15, -0.1) is 0 Å². The summed E-state index contributed by atoms with van der Waals surface area (Å²) in [6.07, 6.45) is 6.01. The molecule has 0 unspecified atom stereocenters. The van der Waals surface area contributed by atoms with Crippen LogP contribution < -0.4 is 5.32 Å². The van der Waals surface area contributed by atoms with E-state index >= 15 is 0 Å². The van der Waals surface area contributed by atoms with Crippen molar-refractivity contribution in [3.05, 3.63) is 18.0 Å². The summed E-state index contributed by atoms with van der Waals surface area (Å²) in [4.78, 5) is 26.9. The molecule has 118 valence electrons. The standard InChI is InChI=1S/C16H22N4O2/c1-10-7-13(10)16(22)19-8-12-5-6-17-20(12)14(9-19)15(21)18-11-3-2-4-11/h5-6,10-11,13-14H,2-4,7-9H2,1H3,(H,18,21)/t10-,13+,14+/m1/s1. The topological polar surface area (TPSA) is 67.2 Å². The number of hydrogen-bond donors (Lipinski definition) is 1. The minimum atomic E-state index is -0.391. The zero-order chi connectivity index (χ0) is 15.3. The molecule has 0 aromatic carbocycles. The van der Waals surface area contributed by atoms with Gasteiger partial charge in [0.05, 0.1) is 18.8 Å². The molecule has 1 N–H and O–H groups in total. The molecule has 1 aromatic rings. The molecule has 2 heterocycles. The van der Waals surface area contributed by atoms with Gasteiger partial charge in [-0.05, 0) is 37.7 Å². The second kappa shape index (κ2) is 5.11. The number of amides is 2. The van der Waals surface area contributed by atoms with Crippen LogP contribution in [-0.2, 0) is 16.1 Å². The van der Waals surface area contributed by atoms with Crippen molar-refractivity contribution in [2.75, 3.05) is 6.54 Å². The van der Waals surface area contributed by atoms with E-state index in [1.54, 1.807) is 10.9 Å². The predicted molar refractivity (Wildman–Crippen MR) is 79.7 cm³/mol. The summed E-state index contributed by atoms with van der Waals surface area (Å²) in [5.41, 5.74) is 0.946. The maximum absolute atomic E-state index is 12.6. The van der Waals surface area contributed by atoms with E-state index in [0.717, 1.165) is 25.0 Å². The van der Waals surface area contributed by atoms with Crippen LogP contribution in [0.25, 0.3) is 0 Å². The third kappa shape index (κ3) is 2.30. The Kier molecular flexibility index (Phi) is 3.20. The molecule has 3 atom stereocenters. The molecule has 1 aromatic heterocycles. The Bertz CT molecular complexity index is 607. The van der Waals surface area contributed by atoms with Crippen LogP contribution >= 0.6 is 0 Å². The fourth-order valence-electron chi connectivity index (χ4n) is 3.41. The van der Waals surface area contributed by atoms with Gasteiger partial charge in [0.1, 0.15) is 6.04 Å². The Morgan fingerprint density at radius 2 is 2.14 bits per heavy atom. The average molecular weight is 302 g/mol. The molecule has 2 amide bonds. The minimum absolute atomic E-state index is 0.00371. The molecule has 3 aliphatic rings.